The molecular weight excluding hydrogens is 614 g/mol. The molecule has 6 unspecified atom stereocenters. The van der Waals surface area contributed by atoms with Crippen LogP contribution < -0.4 is 16.8 Å². The van der Waals surface area contributed by atoms with E-state index in [4.69, 9.17) is 54.5 Å². The fourth-order valence-electron chi connectivity index (χ4n) is 5.80. The first-order valence-corrected chi connectivity index (χ1v) is 16.0. The molecule has 3 saturated heterocycles. The Morgan fingerprint density at radius 3 is 1.85 bits per heavy atom. The van der Waals surface area contributed by atoms with Gasteiger partial charge >= 0.3 is 0 Å². The number of nitrogens with one attached hydrogen (secondary N) is 1. The number of hydrogen-bond acceptors (Lipinski definition) is 16. The van der Waals surface area contributed by atoms with E-state index in [1.165, 1.54) is 6.92 Å². The second-order valence-electron chi connectivity index (χ2n) is 12.1. The molecule has 0 bridgehead atoms. The third-order valence-corrected chi connectivity index (χ3v) is 8.46. The summed E-state index contributed by atoms with van der Waals surface area (Å²) < 4.78 is 47.5. The number of rotatable bonds is 17. The van der Waals surface area contributed by atoms with Gasteiger partial charge in [0.1, 0.15) is 42.7 Å². The molecule has 46 heavy (non-hydrogen) atoms. The van der Waals surface area contributed by atoms with E-state index in [0.717, 1.165) is 6.42 Å². The van der Waals surface area contributed by atoms with E-state index in [1.807, 2.05) is 6.92 Å². The van der Waals surface area contributed by atoms with Gasteiger partial charge in [-0.1, -0.05) is 13.8 Å². The number of carbonyl (C=O) groups is 1. The van der Waals surface area contributed by atoms with Gasteiger partial charge < -0.3 is 80.2 Å². The van der Waals surface area contributed by atoms with E-state index in [-0.39, 0.29) is 46.2 Å². The Balaban J connectivity index is 1.88. The van der Waals surface area contributed by atoms with Crippen molar-refractivity contribution in [3.8, 4) is 0 Å². The molecule has 1 amide bonds. The average Bonchev–Trinajstić information content (AvgIpc) is 3.02. The molecule has 0 spiro atoms. The number of amides is 1. The lowest BCUT2D eigenvalue weighted by atomic mass is 9.89. The highest BCUT2D eigenvalue weighted by Gasteiger charge is 2.53. The lowest BCUT2D eigenvalue weighted by molar-refractivity contribution is -0.344. The fraction of sp³-hybridized carbons (Fsp3) is 0.966. The first-order chi connectivity index (χ1) is 21.9. The van der Waals surface area contributed by atoms with Crippen LogP contribution in [0.25, 0.3) is 0 Å². The van der Waals surface area contributed by atoms with Crippen molar-refractivity contribution in [3.63, 3.8) is 0 Å². The van der Waals surface area contributed by atoms with Crippen LogP contribution in [-0.2, 0) is 42.7 Å². The van der Waals surface area contributed by atoms with Crippen molar-refractivity contribution in [3.05, 3.63) is 0 Å². The Morgan fingerprint density at radius 2 is 1.26 bits per heavy atom. The summed E-state index contributed by atoms with van der Waals surface area (Å²) in [5, 5.41) is 54.8. The van der Waals surface area contributed by atoms with Gasteiger partial charge in [0, 0.05) is 19.4 Å². The van der Waals surface area contributed by atoms with Crippen LogP contribution in [0.2, 0.25) is 0 Å². The van der Waals surface area contributed by atoms with E-state index in [1.54, 1.807) is 13.8 Å². The molecule has 0 aliphatic carbocycles. The first-order valence-electron chi connectivity index (χ1n) is 16.0. The van der Waals surface area contributed by atoms with E-state index < -0.39 is 97.5 Å². The summed E-state index contributed by atoms with van der Waals surface area (Å²) in [6, 6.07) is -3.08. The van der Waals surface area contributed by atoms with Crippen LogP contribution >= 0.6 is 0 Å². The van der Waals surface area contributed by atoms with Crippen LogP contribution in [0.4, 0.5) is 0 Å². The van der Waals surface area contributed by atoms with Crippen molar-refractivity contribution in [1.29, 1.82) is 0 Å². The van der Waals surface area contributed by atoms with Crippen molar-refractivity contribution in [1.82, 2.24) is 5.32 Å². The molecule has 3 fully saturated rings. The summed E-state index contributed by atoms with van der Waals surface area (Å²) >= 11 is 0. The van der Waals surface area contributed by atoms with Crippen LogP contribution in [0.5, 0.6) is 0 Å². The fourth-order valence-corrected chi connectivity index (χ4v) is 5.80. The molecule has 0 aromatic carbocycles. The zero-order valence-corrected chi connectivity index (χ0v) is 27.1. The van der Waals surface area contributed by atoms with Gasteiger partial charge in [0.15, 0.2) is 12.6 Å². The van der Waals surface area contributed by atoms with Crippen LogP contribution in [0.15, 0.2) is 0 Å². The van der Waals surface area contributed by atoms with Crippen molar-refractivity contribution < 1.29 is 68.2 Å². The summed E-state index contributed by atoms with van der Waals surface area (Å²) in [6.07, 6.45) is -10.9. The molecule has 3 aliphatic rings. The topological polar surface area (TPSA) is 256 Å². The van der Waals surface area contributed by atoms with E-state index >= 15 is 0 Å². The van der Waals surface area contributed by atoms with E-state index in [9.17, 15) is 25.2 Å². The third kappa shape index (κ3) is 10.2. The SMILES string of the molecule is CCCOCC1O[C@@H](C)C(N)[C@@H](O)[C@@H]1O[C@@H]1O[C@@H](COCCO)[C@@H](O[C@@H]2OC(COCCO)[C@@H](C)[C@H](O)C2N)C(O)C1NC(C)=O. The zero-order valence-electron chi connectivity index (χ0n) is 27.1. The van der Waals surface area contributed by atoms with Gasteiger partial charge in [-0.2, -0.15) is 0 Å². The molecule has 0 aromatic heterocycles. The number of nitrogens with two attached hydrogens (primary N) is 2. The molecule has 0 saturated carbocycles. The highest BCUT2D eigenvalue weighted by molar-refractivity contribution is 5.73. The minimum atomic E-state index is -1.51. The number of aliphatic hydroxyl groups is 5. The molecule has 17 nitrogen and oxygen atoms in total. The Hall–Kier alpha value is -1.13. The number of hydrogen-bond donors (Lipinski definition) is 8. The Bertz CT molecular complexity index is 894. The standard InChI is InChI=1S/C29H55N3O14/c1-5-8-39-12-18-26(24(37)20(30)15(3)42-18)46-29-22(32-16(4)35)25(38)27(19(44-29)13-41-10-7-34)45-28-21(31)23(36)14(2)17(43-28)11-40-9-6-33/h14-15,17-29,33-34,36-38H,5-13,30-31H2,1-4H3,(H,32,35)/t14-,15+,17?,18?,19+,20?,21?,22?,23+,24-,25?,26-,27-,28+,29+/m1/s1. The third-order valence-electron chi connectivity index (χ3n) is 8.46. The second-order valence-corrected chi connectivity index (χ2v) is 12.1. The van der Waals surface area contributed by atoms with Gasteiger partial charge in [-0.15, -0.1) is 0 Å². The highest BCUT2D eigenvalue weighted by atomic mass is 16.7. The van der Waals surface area contributed by atoms with Crippen LogP contribution in [-0.4, -0.2) is 170 Å². The first kappa shape index (κ1) is 39.3. The van der Waals surface area contributed by atoms with Crippen molar-refractivity contribution >= 4 is 5.91 Å². The maximum Gasteiger partial charge on any atom is 0.217 e. The minimum absolute atomic E-state index is 0.0399. The number of carbonyl (C=O) groups excluding carboxylic acids is 1. The molecule has 0 aromatic rings. The van der Waals surface area contributed by atoms with Crippen molar-refractivity contribution in [2.24, 2.45) is 17.4 Å². The van der Waals surface area contributed by atoms with Crippen LogP contribution in [0, 0.1) is 5.92 Å². The molecule has 3 rings (SSSR count). The van der Waals surface area contributed by atoms with E-state index in [2.05, 4.69) is 5.32 Å². The van der Waals surface area contributed by atoms with Crippen LogP contribution in [0.1, 0.15) is 34.1 Å². The van der Waals surface area contributed by atoms with Gasteiger partial charge in [0.05, 0.1) is 76.6 Å². The Morgan fingerprint density at radius 1 is 0.739 bits per heavy atom. The highest BCUT2D eigenvalue weighted by Crippen LogP contribution is 2.33. The molecule has 270 valence electrons. The monoisotopic (exact) mass is 669 g/mol. The quantitative estimate of drug-likeness (QED) is 0.0694. The smallest absolute Gasteiger partial charge is 0.217 e. The molecular formula is C29H55N3O14. The largest absolute Gasteiger partial charge is 0.394 e. The van der Waals surface area contributed by atoms with Crippen LogP contribution in [0.3, 0.4) is 0 Å². The van der Waals surface area contributed by atoms with Gasteiger partial charge in [-0.05, 0) is 13.3 Å². The molecule has 3 aliphatic heterocycles. The maximum atomic E-state index is 12.3. The van der Waals surface area contributed by atoms with Crippen molar-refractivity contribution in [2.75, 3.05) is 52.9 Å². The Kier molecular flexibility index (Phi) is 16.4. The van der Waals surface area contributed by atoms with Gasteiger partial charge in [-0.3, -0.25) is 4.79 Å². The molecule has 10 N–H and O–H groups in total. The van der Waals surface area contributed by atoms with E-state index in [0.29, 0.717) is 6.61 Å². The summed E-state index contributed by atoms with van der Waals surface area (Å²) in [4.78, 5) is 12.3. The lowest BCUT2D eigenvalue weighted by Gasteiger charge is -2.50. The molecule has 3 heterocycles. The van der Waals surface area contributed by atoms with Gasteiger partial charge in [0.25, 0.3) is 0 Å². The maximum absolute atomic E-state index is 12.3. The minimum Gasteiger partial charge on any atom is -0.394 e. The van der Waals surface area contributed by atoms with Gasteiger partial charge in [0.2, 0.25) is 5.91 Å². The zero-order chi connectivity index (χ0) is 34.0. The summed E-state index contributed by atoms with van der Waals surface area (Å²) in [6.45, 7) is 6.59. The van der Waals surface area contributed by atoms with Crippen molar-refractivity contribution in [2.45, 2.75) is 120 Å². The van der Waals surface area contributed by atoms with Gasteiger partial charge in [-0.25, -0.2) is 0 Å². The molecule has 17 heteroatoms. The average molecular weight is 670 g/mol. The Labute approximate surface area is 269 Å². The summed E-state index contributed by atoms with van der Waals surface area (Å²) in [5.41, 5.74) is 12.5. The summed E-state index contributed by atoms with van der Waals surface area (Å²) in [7, 11) is 0. The normalized spacial score (nSPS) is 41.8. The predicted molar refractivity (Wildman–Crippen MR) is 159 cm³/mol. The summed E-state index contributed by atoms with van der Waals surface area (Å²) in [5.74, 6) is -0.957. The number of ether oxygens (including phenoxy) is 8. The number of aliphatic hydroxyl groups excluding tert-OH is 5. The predicted octanol–water partition coefficient (Wildman–Crippen LogP) is -3.68. The molecule has 15 atom stereocenters. The molecule has 0 radical (unpaired) electrons. The second kappa shape index (κ2) is 19.2. The lowest BCUT2D eigenvalue weighted by Crippen LogP contribution is -2.70.